The van der Waals surface area contributed by atoms with E-state index in [1.165, 1.54) is 5.56 Å². The minimum absolute atomic E-state index is 0.180. The molecule has 0 bridgehead atoms. The largest absolute Gasteiger partial charge is 0.250 e. The Kier molecular flexibility index (Phi) is 5.13. The van der Waals surface area contributed by atoms with Crippen molar-refractivity contribution in [3.8, 4) is 0 Å². The molecule has 90 valence electrons. The summed E-state index contributed by atoms with van der Waals surface area (Å²) in [6, 6.07) is 4.27. The van der Waals surface area contributed by atoms with Crippen LogP contribution >= 0.6 is 23.4 Å². The molecular weight excluding hydrogens is 238 g/mol. The average molecular weight is 258 g/mol. The van der Waals surface area contributed by atoms with Gasteiger partial charge in [-0.25, -0.2) is 4.98 Å². The van der Waals surface area contributed by atoms with E-state index in [0.29, 0.717) is 11.8 Å². The van der Waals surface area contributed by atoms with E-state index in [1.807, 2.05) is 6.20 Å². The van der Waals surface area contributed by atoms with Crippen LogP contribution in [0.25, 0.3) is 0 Å². The second-order valence-corrected chi connectivity index (χ2v) is 6.55. The Morgan fingerprint density at radius 2 is 2.06 bits per heavy atom. The Morgan fingerprint density at radius 3 is 2.50 bits per heavy atom. The first-order chi connectivity index (χ1) is 7.43. The third kappa shape index (κ3) is 4.34. The summed E-state index contributed by atoms with van der Waals surface area (Å²) in [6.07, 6.45) is 1.98. The molecule has 1 atom stereocenters. The van der Waals surface area contributed by atoms with Gasteiger partial charge in [0.05, 0.1) is 5.03 Å². The predicted octanol–water partition coefficient (Wildman–Crippen LogP) is 4.35. The molecule has 0 radical (unpaired) electrons. The van der Waals surface area contributed by atoms with Gasteiger partial charge < -0.3 is 0 Å². The minimum Gasteiger partial charge on any atom is -0.250 e. The van der Waals surface area contributed by atoms with Gasteiger partial charge in [0.2, 0.25) is 0 Å². The maximum Gasteiger partial charge on any atom is 0.0960 e. The molecule has 0 amide bonds. The summed E-state index contributed by atoms with van der Waals surface area (Å²) < 4.78 is 0. The molecule has 0 aliphatic rings. The van der Waals surface area contributed by atoms with Crippen molar-refractivity contribution in [1.29, 1.82) is 0 Å². The number of hydrogen-bond donors (Lipinski definition) is 0. The summed E-state index contributed by atoms with van der Waals surface area (Å²) in [4.78, 5) is 4.47. The zero-order valence-corrected chi connectivity index (χ0v) is 12.0. The van der Waals surface area contributed by atoms with Crippen molar-refractivity contribution in [2.45, 2.75) is 38.1 Å². The van der Waals surface area contributed by atoms with Crippen molar-refractivity contribution in [2.75, 3.05) is 11.6 Å². The van der Waals surface area contributed by atoms with Crippen LogP contribution in [0.15, 0.2) is 23.4 Å². The first-order valence-electron chi connectivity index (χ1n) is 5.59. The van der Waals surface area contributed by atoms with Crippen molar-refractivity contribution in [3.05, 3.63) is 23.9 Å². The van der Waals surface area contributed by atoms with E-state index in [4.69, 9.17) is 11.6 Å². The summed E-state index contributed by atoms with van der Waals surface area (Å²) in [7, 11) is 0. The van der Waals surface area contributed by atoms with Crippen molar-refractivity contribution in [3.63, 3.8) is 0 Å². The highest BCUT2D eigenvalue weighted by atomic mass is 35.5. The van der Waals surface area contributed by atoms with E-state index < -0.39 is 0 Å². The van der Waals surface area contributed by atoms with E-state index in [0.717, 1.165) is 10.8 Å². The lowest BCUT2D eigenvalue weighted by molar-refractivity contribution is 0.586. The maximum atomic E-state index is 5.77. The lowest BCUT2D eigenvalue weighted by atomic mass is 9.88. The van der Waals surface area contributed by atoms with Crippen LogP contribution < -0.4 is 0 Å². The molecule has 1 heterocycles. The van der Waals surface area contributed by atoms with Crippen molar-refractivity contribution in [2.24, 2.45) is 5.92 Å². The topological polar surface area (TPSA) is 12.9 Å². The fraction of sp³-hybridized carbons (Fsp3) is 0.615. The molecule has 0 aromatic carbocycles. The predicted molar refractivity (Wildman–Crippen MR) is 73.5 cm³/mol. The van der Waals surface area contributed by atoms with Crippen molar-refractivity contribution >= 4 is 23.4 Å². The van der Waals surface area contributed by atoms with Crippen LogP contribution in [0.2, 0.25) is 0 Å². The number of alkyl halides is 1. The van der Waals surface area contributed by atoms with Gasteiger partial charge in [0.1, 0.15) is 0 Å². The van der Waals surface area contributed by atoms with Crippen molar-refractivity contribution < 1.29 is 0 Å². The van der Waals surface area contributed by atoms with E-state index in [9.17, 15) is 0 Å². The first-order valence-corrected chi connectivity index (χ1v) is 7.11. The zero-order chi connectivity index (χ0) is 12.2. The number of hydrogen-bond acceptors (Lipinski definition) is 2. The van der Waals surface area contributed by atoms with Gasteiger partial charge in [0, 0.05) is 17.8 Å². The summed E-state index contributed by atoms with van der Waals surface area (Å²) >= 11 is 7.55. The average Bonchev–Trinajstić information content (AvgIpc) is 2.25. The van der Waals surface area contributed by atoms with Gasteiger partial charge in [-0.2, -0.15) is 0 Å². The normalized spacial score (nSPS) is 13.8. The van der Waals surface area contributed by atoms with Gasteiger partial charge in [-0.05, 0) is 23.0 Å². The summed E-state index contributed by atoms with van der Waals surface area (Å²) in [5.74, 6) is 2.29. The molecule has 1 rings (SSSR count). The number of halogens is 1. The highest BCUT2D eigenvalue weighted by Gasteiger charge is 2.13. The lowest BCUT2D eigenvalue weighted by Gasteiger charge is -2.18. The Bertz CT molecular complexity index is 316. The quantitative estimate of drug-likeness (QED) is 0.588. The third-order valence-corrected chi connectivity index (χ3v) is 4.18. The molecule has 1 aromatic heterocycles. The smallest absolute Gasteiger partial charge is 0.0960 e. The highest BCUT2D eigenvalue weighted by molar-refractivity contribution is 7.99. The van der Waals surface area contributed by atoms with Crippen LogP contribution in [-0.2, 0) is 5.41 Å². The Morgan fingerprint density at radius 1 is 1.38 bits per heavy atom. The SMILES string of the molecule is CC(CCl)CSc1ccc(C(C)(C)C)cn1. The van der Waals surface area contributed by atoms with Gasteiger partial charge in [-0.15, -0.1) is 23.4 Å². The third-order valence-electron chi connectivity index (χ3n) is 2.38. The minimum atomic E-state index is 0.180. The molecule has 1 aromatic rings. The molecule has 0 aliphatic carbocycles. The number of nitrogens with zero attached hydrogens (tertiary/aromatic N) is 1. The van der Waals surface area contributed by atoms with Crippen LogP contribution in [0.1, 0.15) is 33.3 Å². The summed E-state index contributed by atoms with van der Waals surface area (Å²) in [5.41, 5.74) is 1.46. The number of pyridine rings is 1. The molecular formula is C13H20ClNS. The molecule has 3 heteroatoms. The number of thioether (sulfide) groups is 1. The molecule has 16 heavy (non-hydrogen) atoms. The summed E-state index contributed by atoms with van der Waals surface area (Å²) in [5, 5.41) is 1.09. The fourth-order valence-electron chi connectivity index (χ4n) is 1.18. The number of rotatable bonds is 4. The standard InChI is InChI=1S/C13H20ClNS/c1-10(7-14)9-16-12-6-5-11(8-15-12)13(2,3)4/h5-6,8,10H,7,9H2,1-4H3. The molecule has 0 aliphatic heterocycles. The zero-order valence-electron chi connectivity index (χ0n) is 10.5. The Balaban J connectivity index is 2.58. The molecule has 0 spiro atoms. The fourth-order valence-corrected chi connectivity index (χ4v) is 2.28. The number of aromatic nitrogens is 1. The van der Waals surface area contributed by atoms with Gasteiger partial charge >= 0.3 is 0 Å². The molecule has 0 saturated carbocycles. The van der Waals surface area contributed by atoms with E-state index in [2.05, 4.69) is 44.8 Å². The second-order valence-electron chi connectivity index (χ2n) is 5.21. The van der Waals surface area contributed by atoms with Gasteiger partial charge in [-0.3, -0.25) is 0 Å². The van der Waals surface area contributed by atoms with E-state index in [1.54, 1.807) is 11.8 Å². The van der Waals surface area contributed by atoms with Gasteiger partial charge in [0.25, 0.3) is 0 Å². The van der Waals surface area contributed by atoms with Crippen LogP contribution in [0.3, 0.4) is 0 Å². The Labute approximate surface area is 108 Å². The van der Waals surface area contributed by atoms with Crippen molar-refractivity contribution in [1.82, 2.24) is 4.98 Å². The van der Waals surface area contributed by atoms with E-state index in [-0.39, 0.29) is 5.41 Å². The molecule has 0 saturated heterocycles. The molecule has 0 N–H and O–H groups in total. The van der Waals surface area contributed by atoms with Crippen LogP contribution in [0.5, 0.6) is 0 Å². The maximum absolute atomic E-state index is 5.77. The highest BCUT2D eigenvalue weighted by Crippen LogP contribution is 2.24. The van der Waals surface area contributed by atoms with Crippen LogP contribution in [0.4, 0.5) is 0 Å². The van der Waals surface area contributed by atoms with Gasteiger partial charge in [-0.1, -0.05) is 33.8 Å². The Hall–Kier alpha value is -0.210. The first kappa shape index (κ1) is 13.9. The summed E-state index contributed by atoms with van der Waals surface area (Å²) in [6.45, 7) is 8.76. The monoisotopic (exact) mass is 257 g/mol. The van der Waals surface area contributed by atoms with Crippen LogP contribution in [0, 0.1) is 5.92 Å². The van der Waals surface area contributed by atoms with Gasteiger partial charge in [0.15, 0.2) is 0 Å². The van der Waals surface area contributed by atoms with E-state index >= 15 is 0 Å². The second kappa shape index (κ2) is 5.92. The molecule has 1 unspecified atom stereocenters. The lowest BCUT2D eigenvalue weighted by Crippen LogP contribution is -2.11. The molecule has 1 nitrogen and oxygen atoms in total. The van der Waals surface area contributed by atoms with Crippen LogP contribution in [-0.4, -0.2) is 16.6 Å². The molecule has 0 fully saturated rings.